The minimum Gasteiger partial charge on any atom is -0.347 e. The third-order valence-electron chi connectivity index (χ3n) is 4.96. The van der Waals surface area contributed by atoms with Gasteiger partial charge in [-0.05, 0) is 36.8 Å². The lowest BCUT2D eigenvalue weighted by atomic mass is 10.0. The topological polar surface area (TPSA) is 43.7 Å². The first-order chi connectivity index (χ1) is 11.7. The van der Waals surface area contributed by atoms with Gasteiger partial charge in [0.1, 0.15) is 0 Å². The van der Waals surface area contributed by atoms with Crippen LogP contribution in [0.4, 0.5) is 0 Å². The van der Waals surface area contributed by atoms with Crippen LogP contribution in [0.5, 0.6) is 0 Å². The average Bonchev–Trinajstić information content (AvgIpc) is 3.28. The van der Waals surface area contributed by atoms with E-state index in [0.717, 1.165) is 29.7 Å². The maximum Gasteiger partial charge on any atom is 0.253 e. The molecule has 0 atom stereocenters. The molecule has 2 fully saturated rings. The first-order valence-electron chi connectivity index (χ1n) is 8.48. The highest BCUT2D eigenvalue weighted by atomic mass is 16.7. The molecule has 0 bridgehead atoms. The number of carbonyl (C=O) groups excluding carboxylic acids is 1. The van der Waals surface area contributed by atoms with E-state index in [1.54, 1.807) is 0 Å². The minimum absolute atomic E-state index is 0.0799. The highest BCUT2D eigenvalue weighted by Gasteiger charge is 2.40. The van der Waals surface area contributed by atoms with Crippen LogP contribution in [0.3, 0.4) is 0 Å². The Hall–Kier alpha value is -2.11. The van der Waals surface area contributed by atoms with Crippen LogP contribution >= 0.6 is 0 Å². The van der Waals surface area contributed by atoms with Gasteiger partial charge in [0, 0.05) is 49.6 Å². The standard InChI is InChI=1S/C19H22N2O3/c1-15-4-5-16(14-17(15)20-8-2-3-9-20)18(22)21-10-6-19(7-11-21)23-12-13-24-19/h2-5,8-9,14H,6-7,10-13H2,1H3. The van der Waals surface area contributed by atoms with Gasteiger partial charge in [-0.3, -0.25) is 4.79 Å². The van der Waals surface area contributed by atoms with Crippen molar-refractivity contribution in [3.63, 3.8) is 0 Å². The van der Waals surface area contributed by atoms with Crippen LogP contribution < -0.4 is 0 Å². The summed E-state index contributed by atoms with van der Waals surface area (Å²) in [5.41, 5.74) is 2.92. The van der Waals surface area contributed by atoms with Gasteiger partial charge >= 0.3 is 0 Å². The van der Waals surface area contributed by atoms with Crippen molar-refractivity contribution < 1.29 is 14.3 Å². The molecule has 2 aliphatic heterocycles. The molecule has 3 heterocycles. The van der Waals surface area contributed by atoms with Gasteiger partial charge in [-0.1, -0.05) is 6.07 Å². The Labute approximate surface area is 141 Å². The number of piperidine rings is 1. The number of benzene rings is 1. The summed E-state index contributed by atoms with van der Waals surface area (Å²) in [7, 11) is 0. The average molecular weight is 326 g/mol. The summed E-state index contributed by atoms with van der Waals surface area (Å²) in [6.07, 6.45) is 5.48. The fraction of sp³-hybridized carbons (Fsp3) is 0.421. The molecule has 24 heavy (non-hydrogen) atoms. The minimum atomic E-state index is -0.444. The maximum atomic E-state index is 12.9. The lowest BCUT2D eigenvalue weighted by molar-refractivity contribution is -0.181. The van der Waals surface area contributed by atoms with Crippen LogP contribution in [0.15, 0.2) is 42.7 Å². The molecule has 0 aliphatic carbocycles. The molecule has 1 aromatic carbocycles. The lowest BCUT2D eigenvalue weighted by Crippen LogP contribution is -2.47. The lowest BCUT2D eigenvalue weighted by Gasteiger charge is -2.37. The van der Waals surface area contributed by atoms with Crippen molar-refractivity contribution in [2.75, 3.05) is 26.3 Å². The molecule has 1 spiro atoms. The molecular formula is C19H22N2O3. The zero-order valence-corrected chi connectivity index (χ0v) is 13.9. The zero-order valence-electron chi connectivity index (χ0n) is 13.9. The molecule has 0 unspecified atom stereocenters. The van der Waals surface area contributed by atoms with Crippen LogP contribution in [-0.2, 0) is 9.47 Å². The number of likely N-dealkylation sites (tertiary alicyclic amines) is 1. The van der Waals surface area contributed by atoms with Gasteiger partial charge in [-0.25, -0.2) is 0 Å². The molecule has 126 valence electrons. The number of hydrogen-bond acceptors (Lipinski definition) is 3. The van der Waals surface area contributed by atoms with Crippen LogP contribution in [0.2, 0.25) is 0 Å². The van der Waals surface area contributed by atoms with E-state index in [2.05, 4.69) is 6.92 Å². The molecule has 2 saturated heterocycles. The molecule has 5 nitrogen and oxygen atoms in total. The van der Waals surface area contributed by atoms with Crippen molar-refractivity contribution >= 4 is 5.91 Å². The van der Waals surface area contributed by atoms with Crippen LogP contribution in [0.1, 0.15) is 28.8 Å². The second-order valence-electron chi connectivity index (χ2n) is 6.49. The molecule has 2 aromatic rings. The monoisotopic (exact) mass is 326 g/mol. The predicted molar refractivity (Wildman–Crippen MR) is 90.3 cm³/mol. The molecule has 1 amide bonds. The smallest absolute Gasteiger partial charge is 0.253 e. The molecule has 1 aromatic heterocycles. The Morgan fingerprint density at radius 1 is 1.08 bits per heavy atom. The van der Waals surface area contributed by atoms with Crippen molar-refractivity contribution in [3.8, 4) is 5.69 Å². The maximum absolute atomic E-state index is 12.9. The van der Waals surface area contributed by atoms with Crippen LogP contribution in [0, 0.1) is 6.92 Å². The summed E-state index contributed by atoms with van der Waals surface area (Å²) in [6.45, 7) is 4.72. The summed E-state index contributed by atoms with van der Waals surface area (Å²) < 4.78 is 13.5. The zero-order chi connectivity index (χ0) is 16.6. The largest absolute Gasteiger partial charge is 0.347 e. The molecule has 5 heteroatoms. The van der Waals surface area contributed by atoms with Crippen molar-refractivity contribution in [2.24, 2.45) is 0 Å². The van der Waals surface area contributed by atoms with Gasteiger partial charge in [-0.15, -0.1) is 0 Å². The molecule has 0 N–H and O–H groups in total. The van der Waals surface area contributed by atoms with Gasteiger partial charge in [0.05, 0.1) is 13.2 Å². The fourth-order valence-electron chi connectivity index (χ4n) is 3.53. The Morgan fingerprint density at radius 3 is 2.42 bits per heavy atom. The number of carbonyl (C=O) groups is 1. The SMILES string of the molecule is Cc1ccc(C(=O)N2CCC3(CC2)OCCO3)cc1-n1cccc1. The number of rotatable bonds is 2. The summed E-state index contributed by atoms with van der Waals surface area (Å²) >= 11 is 0. The molecule has 0 saturated carbocycles. The van der Waals surface area contributed by atoms with E-state index in [1.165, 1.54) is 0 Å². The Morgan fingerprint density at radius 2 is 1.75 bits per heavy atom. The molecular weight excluding hydrogens is 304 g/mol. The van der Waals surface area contributed by atoms with E-state index in [1.807, 2.05) is 52.2 Å². The first kappa shape index (κ1) is 15.4. The van der Waals surface area contributed by atoms with Gasteiger partial charge in [0.2, 0.25) is 0 Å². The first-order valence-corrected chi connectivity index (χ1v) is 8.48. The summed E-state index contributed by atoms with van der Waals surface area (Å²) in [5, 5.41) is 0. The van der Waals surface area contributed by atoms with E-state index in [4.69, 9.17) is 9.47 Å². The summed E-state index contributed by atoms with van der Waals surface area (Å²) in [4.78, 5) is 14.8. The number of nitrogens with zero attached hydrogens (tertiary/aromatic N) is 2. The van der Waals surface area contributed by atoms with Gasteiger partial charge < -0.3 is 18.9 Å². The van der Waals surface area contributed by atoms with E-state index < -0.39 is 5.79 Å². The Bertz CT molecular complexity index is 723. The second kappa shape index (κ2) is 6.07. The van der Waals surface area contributed by atoms with Crippen molar-refractivity contribution in [1.29, 1.82) is 0 Å². The summed E-state index contributed by atoms with van der Waals surface area (Å²) in [5.74, 6) is -0.364. The van der Waals surface area contributed by atoms with E-state index in [9.17, 15) is 4.79 Å². The quantitative estimate of drug-likeness (QED) is 0.852. The van der Waals surface area contributed by atoms with Crippen molar-refractivity contribution in [2.45, 2.75) is 25.6 Å². The normalized spacial score (nSPS) is 19.8. The van der Waals surface area contributed by atoms with Crippen LogP contribution in [0.25, 0.3) is 5.69 Å². The number of ether oxygens (including phenoxy) is 2. The molecule has 4 rings (SSSR count). The highest BCUT2D eigenvalue weighted by molar-refractivity contribution is 5.95. The van der Waals surface area contributed by atoms with Gasteiger partial charge in [0.15, 0.2) is 5.79 Å². The predicted octanol–water partition coefficient (Wildman–Crippen LogP) is 2.76. The third kappa shape index (κ3) is 2.74. The number of aryl methyl sites for hydroxylation is 1. The van der Waals surface area contributed by atoms with E-state index in [-0.39, 0.29) is 5.91 Å². The molecule has 0 radical (unpaired) electrons. The van der Waals surface area contributed by atoms with Crippen LogP contribution in [-0.4, -0.2) is 47.5 Å². The Kier molecular flexibility index (Phi) is 3.90. The van der Waals surface area contributed by atoms with Gasteiger partial charge in [-0.2, -0.15) is 0 Å². The highest BCUT2D eigenvalue weighted by Crippen LogP contribution is 2.32. The molecule has 2 aliphatic rings. The Balaban J connectivity index is 1.52. The van der Waals surface area contributed by atoms with E-state index in [0.29, 0.717) is 26.3 Å². The van der Waals surface area contributed by atoms with Gasteiger partial charge in [0.25, 0.3) is 5.91 Å². The second-order valence-corrected chi connectivity index (χ2v) is 6.49. The third-order valence-corrected chi connectivity index (χ3v) is 4.96. The number of hydrogen-bond donors (Lipinski definition) is 0. The van der Waals surface area contributed by atoms with E-state index >= 15 is 0 Å². The fourth-order valence-corrected chi connectivity index (χ4v) is 3.53. The van der Waals surface area contributed by atoms with Crippen molar-refractivity contribution in [3.05, 3.63) is 53.9 Å². The summed E-state index contributed by atoms with van der Waals surface area (Å²) in [6, 6.07) is 9.87. The number of amides is 1. The van der Waals surface area contributed by atoms with Crippen molar-refractivity contribution in [1.82, 2.24) is 9.47 Å². The number of aromatic nitrogens is 1.